The van der Waals surface area contributed by atoms with E-state index < -0.39 is 0 Å². The lowest BCUT2D eigenvalue weighted by Gasteiger charge is -2.21. The van der Waals surface area contributed by atoms with Gasteiger partial charge < -0.3 is 10.3 Å². The Kier molecular flexibility index (Phi) is 6.47. The molecule has 3 nitrogen and oxygen atoms in total. The largest absolute Gasteiger partial charge is 0.355 e. The van der Waals surface area contributed by atoms with E-state index in [-0.39, 0.29) is 17.7 Å². The molecule has 3 heteroatoms. The lowest BCUT2D eigenvalue weighted by atomic mass is 9.85. The summed E-state index contributed by atoms with van der Waals surface area (Å²) in [5, 5.41) is 6.30. The summed E-state index contributed by atoms with van der Waals surface area (Å²) in [6.45, 7) is 17.4. The summed E-state index contributed by atoms with van der Waals surface area (Å²) in [6.07, 6.45) is 3.19. The number of nitrogens with one attached hydrogen (secondary N) is 2. The summed E-state index contributed by atoms with van der Waals surface area (Å²) in [5.41, 5.74) is 4.31. The Morgan fingerprint density at radius 1 is 1.31 bits per heavy atom. The van der Waals surface area contributed by atoms with E-state index in [1.54, 1.807) is 0 Å². The Balaban J connectivity index is 2.43. The van der Waals surface area contributed by atoms with Crippen molar-refractivity contribution in [3.63, 3.8) is 0 Å². The van der Waals surface area contributed by atoms with E-state index in [9.17, 15) is 4.79 Å². The van der Waals surface area contributed by atoms with Crippen LogP contribution >= 0.6 is 0 Å². The van der Waals surface area contributed by atoms with E-state index in [1.807, 2.05) is 13.8 Å². The van der Waals surface area contributed by atoms with Crippen molar-refractivity contribution < 1.29 is 4.79 Å². The van der Waals surface area contributed by atoms with Crippen LogP contribution in [0.3, 0.4) is 0 Å². The zero-order valence-corrected chi connectivity index (χ0v) is 17.0. The number of carbonyl (C=O) groups excluding carboxylic acids is 1. The van der Waals surface area contributed by atoms with Crippen LogP contribution in [0.2, 0.25) is 0 Å². The summed E-state index contributed by atoms with van der Waals surface area (Å²) >= 11 is 0. The van der Waals surface area contributed by atoms with Gasteiger partial charge in [-0.15, -0.1) is 0 Å². The Bertz CT molecular complexity index is 929. The number of rotatable bonds is 6. The van der Waals surface area contributed by atoms with Crippen LogP contribution in [-0.4, -0.2) is 17.4 Å². The summed E-state index contributed by atoms with van der Waals surface area (Å²) in [4.78, 5) is 16.0. The predicted molar refractivity (Wildman–Crippen MR) is 112 cm³/mol. The van der Waals surface area contributed by atoms with Gasteiger partial charge in [0.25, 0.3) is 0 Å². The molecular formula is C23H32N2O. The molecule has 0 radical (unpaired) electrons. The van der Waals surface area contributed by atoms with Crippen LogP contribution in [0.5, 0.6) is 0 Å². The van der Waals surface area contributed by atoms with Crippen molar-refractivity contribution in [2.24, 2.45) is 11.8 Å². The Morgan fingerprint density at radius 3 is 2.62 bits per heavy atom. The minimum Gasteiger partial charge on any atom is -0.355 e. The Labute approximate surface area is 156 Å². The number of H-pyrrole nitrogens is 1. The molecule has 0 fully saturated rings. The topological polar surface area (TPSA) is 44.9 Å². The fourth-order valence-corrected chi connectivity index (χ4v) is 3.47. The first kappa shape index (κ1) is 20.0. The second-order valence-electron chi connectivity index (χ2n) is 7.55. The molecule has 0 aliphatic rings. The molecular weight excluding hydrogens is 320 g/mol. The van der Waals surface area contributed by atoms with Crippen LogP contribution in [0.25, 0.3) is 23.6 Å². The highest BCUT2D eigenvalue weighted by atomic mass is 16.1. The van der Waals surface area contributed by atoms with Crippen LogP contribution in [0.15, 0.2) is 29.3 Å². The third kappa shape index (κ3) is 4.27. The molecule has 0 aliphatic heterocycles. The van der Waals surface area contributed by atoms with Crippen molar-refractivity contribution in [3.05, 3.63) is 45.5 Å². The first-order chi connectivity index (χ1) is 12.3. The number of hydrogen-bond donors (Lipinski definition) is 2. The summed E-state index contributed by atoms with van der Waals surface area (Å²) in [7, 11) is 0. The molecule has 0 spiro atoms. The van der Waals surface area contributed by atoms with Gasteiger partial charge in [-0.3, -0.25) is 4.79 Å². The lowest BCUT2D eigenvalue weighted by Crippen LogP contribution is -2.31. The van der Waals surface area contributed by atoms with Crippen molar-refractivity contribution >= 4 is 29.5 Å². The number of fused-ring (bicyclic) bond motifs is 1. The van der Waals surface area contributed by atoms with Gasteiger partial charge in [0.15, 0.2) is 0 Å². The molecule has 1 amide bonds. The summed E-state index contributed by atoms with van der Waals surface area (Å²) < 4.78 is 0. The molecule has 1 aromatic carbocycles. The van der Waals surface area contributed by atoms with E-state index in [4.69, 9.17) is 0 Å². The van der Waals surface area contributed by atoms with Gasteiger partial charge in [-0.25, -0.2) is 0 Å². The number of benzene rings is 1. The van der Waals surface area contributed by atoms with E-state index in [1.165, 1.54) is 10.9 Å². The summed E-state index contributed by atoms with van der Waals surface area (Å²) in [5.74, 6) is 0.405. The third-order valence-corrected chi connectivity index (χ3v) is 5.07. The number of aromatic amines is 1. The van der Waals surface area contributed by atoms with Gasteiger partial charge in [0.2, 0.25) is 5.91 Å². The number of amides is 1. The van der Waals surface area contributed by atoms with Gasteiger partial charge in [-0.1, -0.05) is 50.6 Å². The fraction of sp³-hybridized carbons (Fsp3) is 0.435. The molecule has 0 aliphatic carbocycles. The Hall–Kier alpha value is -2.29. The van der Waals surface area contributed by atoms with Crippen LogP contribution < -0.4 is 15.9 Å². The van der Waals surface area contributed by atoms with Gasteiger partial charge >= 0.3 is 0 Å². The van der Waals surface area contributed by atoms with Crippen molar-refractivity contribution in [3.8, 4) is 0 Å². The monoisotopic (exact) mass is 352 g/mol. The maximum atomic E-state index is 12.6. The molecule has 1 aromatic heterocycles. The minimum absolute atomic E-state index is 0.0595. The van der Waals surface area contributed by atoms with Crippen molar-refractivity contribution in [1.29, 1.82) is 0 Å². The number of aryl methyl sites for hydroxylation is 1. The molecule has 1 heterocycles. The maximum Gasteiger partial charge on any atom is 0.247 e. The fourth-order valence-electron chi connectivity index (χ4n) is 3.47. The van der Waals surface area contributed by atoms with Gasteiger partial charge in [-0.05, 0) is 51.2 Å². The van der Waals surface area contributed by atoms with E-state index in [0.717, 1.165) is 33.7 Å². The molecule has 140 valence electrons. The minimum atomic E-state index is 0.0595. The van der Waals surface area contributed by atoms with Gasteiger partial charge in [0.05, 0.1) is 0 Å². The standard InChI is InChI=1S/C23H32N2O/c1-8-11-24-23(26)22(14(2)3)17(6)16(5)13-19-18(7)25-21-10-9-15(4)12-20(19)21/h9-10,12-13,16-17,25H,7-8,11H2,1-6H3,(H,24,26)/b19-13+. The molecule has 2 unspecified atom stereocenters. The van der Waals surface area contributed by atoms with Crippen molar-refractivity contribution in [2.45, 2.75) is 48.0 Å². The molecule has 0 saturated heterocycles. The highest BCUT2D eigenvalue weighted by Gasteiger charge is 2.22. The van der Waals surface area contributed by atoms with Crippen LogP contribution in [-0.2, 0) is 4.79 Å². The number of carbonyl (C=O) groups is 1. The number of hydrogen-bond acceptors (Lipinski definition) is 1. The highest BCUT2D eigenvalue weighted by Crippen LogP contribution is 2.25. The molecule has 0 bridgehead atoms. The molecule has 2 aromatic rings. The summed E-state index contributed by atoms with van der Waals surface area (Å²) in [6, 6.07) is 6.40. The molecule has 26 heavy (non-hydrogen) atoms. The normalized spacial score (nSPS) is 14.3. The van der Waals surface area contributed by atoms with Crippen molar-refractivity contribution in [2.75, 3.05) is 6.54 Å². The zero-order valence-electron chi connectivity index (χ0n) is 17.0. The molecule has 0 saturated carbocycles. The quantitative estimate of drug-likeness (QED) is 0.763. The zero-order chi connectivity index (χ0) is 19.4. The molecule has 2 rings (SSSR count). The van der Waals surface area contributed by atoms with E-state index in [2.05, 4.69) is 68.8 Å². The van der Waals surface area contributed by atoms with Crippen LogP contribution in [0, 0.1) is 18.8 Å². The molecule has 2 N–H and O–H groups in total. The van der Waals surface area contributed by atoms with Crippen molar-refractivity contribution in [1.82, 2.24) is 10.3 Å². The van der Waals surface area contributed by atoms with Gasteiger partial charge in [0, 0.05) is 33.6 Å². The predicted octanol–water partition coefficient (Wildman–Crippen LogP) is 3.80. The second-order valence-corrected chi connectivity index (χ2v) is 7.55. The highest BCUT2D eigenvalue weighted by molar-refractivity contribution is 5.94. The first-order valence-corrected chi connectivity index (χ1v) is 9.51. The average Bonchev–Trinajstić information content (AvgIpc) is 2.87. The average molecular weight is 353 g/mol. The second kappa shape index (κ2) is 8.39. The van der Waals surface area contributed by atoms with Gasteiger partial charge in [0.1, 0.15) is 0 Å². The Morgan fingerprint density at radius 2 is 2.00 bits per heavy atom. The number of allylic oxidation sites excluding steroid dienone is 1. The van der Waals surface area contributed by atoms with Crippen LogP contribution in [0.4, 0.5) is 0 Å². The molecule has 2 atom stereocenters. The maximum absolute atomic E-state index is 12.6. The third-order valence-electron chi connectivity index (χ3n) is 5.07. The van der Waals surface area contributed by atoms with E-state index in [0.29, 0.717) is 6.54 Å². The SMILES string of the molecule is C=c1[nH]c2ccc(C)cc2/c1=C/C(C)C(C)C(C(=O)NCCC)=C(C)C. The van der Waals surface area contributed by atoms with E-state index >= 15 is 0 Å². The number of aromatic nitrogens is 1. The van der Waals surface area contributed by atoms with Gasteiger partial charge in [-0.2, -0.15) is 0 Å². The first-order valence-electron chi connectivity index (χ1n) is 9.51. The smallest absolute Gasteiger partial charge is 0.247 e. The lowest BCUT2D eigenvalue weighted by molar-refractivity contribution is -0.118. The van der Waals surface area contributed by atoms with Crippen LogP contribution in [0.1, 0.15) is 46.6 Å².